The van der Waals surface area contributed by atoms with Crippen LogP contribution in [0, 0.1) is 96.5 Å². The van der Waals surface area contributed by atoms with Gasteiger partial charge in [0.25, 0.3) is 5.69 Å². The molecule has 0 aromatic heterocycles. The summed E-state index contributed by atoms with van der Waals surface area (Å²) in [7, 11) is 3.24. The molecule has 39 heteroatoms. The number of hydrogen-bond acceptors (Lipinski definition) is 25. The van der Waals surface area contributed by atoms with E-state index in [9.17, 15) is 44.7 Å². The van der Waals surface area contributed by atoms with Crippen LogP contribution in [0.1, 0.15) is 198 Å². The molecule has 16 rings (SSSR count). The molecule has 30 nitrogen and oxygen atoms in total. The number of fused-ring (bicyclic) bond motifs is 4. The summed E-state index contributed by atoms with van der Waals surface area (Å²) in [6.07, 6.45) is 10.6. The molecular weight excluding hydrogens is 2150 g/mol. The Bertz CT molecular complexity index is 5880. The molecule has 0 saturated carbocycles. The number of carbonyl (C=O) groups is 4. The molecule has 8 aromatic carbocycles. The van der Waals surface area contributed by atoms with Gasteiger partial charge in [-0.15, -0.1) is 0 Å². The number of nitriles is 3. The minimum absolute atomic E-state index is 0. The molecule has 0 bridgehead atoms. The molecule has 7 heterocycles. The minimum atomic E-state index is -4.01. The van der Waals surface area contributed by atoms with Gasteiger partial charge in [-0.3, -0.25) is 14.9 Å². The Morgan fingerprint density at radius 2 is 1.01 bits per heavy atom. The fraction of sp³-hybridized carbons (Fsp3) is 0.378. The van der Waals surface area contributed by atoms with Crippen molar-refractivity contribution in [3.05, 3.63) is 275 Å². The Kier molecular flexibility index (Phi) is 40.0. The number of nitrogens with two attached hydrogens (primary N) is 4. The number of hydroxylamine groups is 4. The number of carboxylic acids is 3. The number of nitro groups is 1. The third-order valence-corrected chi connectivity index (χ3v) is 27.0. The zero-order valence-electron chi connectivity index (χ0n) is 79.7. The summed E-state index contributed by atoms with van der Waals surface area (Å²) in [6, 6.07) is 47.3. The van der Waals surface area contributed by atoms with Crippen LogP contribution in [0.25, 0.3) is 11.1 Å². The molecule has 1 amide bonds. The number of nitrogens with zero attached hydrogens (tertiary/aromatic N) is 8. The number of aromatic carboxylic acids is 3. The topological polar surface area (TPSA) is 488 Å². The number of benzene rings is 8. The maximum atomic E-state index is 13.8. The number of ether oxygens (including phenoxy) is 4. The van der Waals surface area contributed by atoms with E-state index >= 15 is 0 Å². The Morgan fingerprint density at radius 1 is 0.591 bits per heavy atom. The molecule has 8 aromatic rings. The SMILES string of the molecule is CC1C=CC(C#N)=CC1B1OC(C)(C)C(C)(C)O1.CN1OC2(CC(C3CCOC(C)(C)C3)Oc3ccc(-c4cc(C#N)ccc4CF)cc32)N=C1N.CN1OC2(CC(C3CCOC(C)(C)C3)Oc3ccc(Br)cc32)N=C1N.Cc1ccc(C#N)cc1Br.Cc1ccc(C(=O)O)cc1Br.Cc1ccc(C(=O)O)cc1N.Cc1ccc(C(=O)O)cc1[N+](=O)[O-].Cc1ccc(C(N)=O)cc1Br.N.[3H]I(F)F. The molecule has 2 spiro atoms. The van der Waals surface area contributed by atoms with Crippen LogP contribution in [0.3, 0.4) is 0 Å². The molecule has 14 N–H and O–H groups in total. The molecule has 3 fully saturated rings. The van der Waals surface area contributed by atoms with Crippen LogP contribution in [0.2, 0.25) is 5.82 Å². The van der Waals surface area contributed by atoms with Crippen LogP contribution in [-0.2, 0) is 46.6 Å². The Balaban J connectivity index is 0.000000222. The van der Waals surface area contributed by atoms with Crippen molar-refractivity contribution in [3.63, 3.8) is 0 Å². The molecule has 137 heavy (non-hydrogen) atoms. The number of guanidine groups is 2. The molecule has 0 radical (unpaired) electrons. The van der Waals surface area contributed by atoms with E-state index in [1.807, 2.05) is 128 Å². The molecule has 3 saturated heterocycles. The number of anilines is 1. The number of carbonyl (C=O) groups excluding carboxylic acids is 1. The Hall–Kier alpha value is -10.8. The van der Waals surface area contributed by atoms with Crippen LogP contribution in [-0.4, -0.2) is 136 Å². The van der Waals surface area contributed by atoms with Gasteiger partial charge in [0.1, 0.15) is 30.4 Å². The zero-order valence-corrected chi connectivity index (χ0v) is 87.2. The average molecular weight is 2260 g/mol. The van der Waals surface area contributed by atoms with E-state index in [0.717, 1.165) is 101 Å². The predicted octanol–water partition coefficient (Wildman–Crippen LogP) is 22.1. The molecule has 8 unspecified atom stereocenters. The fourth-order valence-electron chi connectivity index (χ4n) is 15.5. The number of halogens is 8. The van der Waals surface area contributed by atoms with Gasteiger partial charge in [0.05, 0.1) is 84.5 Å². The normalized spacial score (nSPS) is 21.6. The number of nitro benzene ring substituents is 1. The van der Waals surface area contributed by atoms with E-state index in [1.165, 1.54) is 29.3 Å². The quantitative estimate of drug-likeness (QED) is 0.0207. The van der Waals surface area contributed by atoms with Crippen LogP contribution < -0.4 is 38.6 Å². The van der Waals surface area contributed by atoms with E-state index in [4.69, 9.17) is 97.3 Å². The van der Waals surface area contributed by atoms with Gasteiger partial charge in [0, 0.05) is 104 Å². The van der Waals surface area contributed by atoms with Gasteiger partial charge in [0.2, 0.25) is 29.3 Å². The molecule has 732 valence electrons. The monoisotopic (exact) mass is 2260 g/mol. The number of alkyl halides is 1. The Labute approximate surface area is 841 Å². The Morgan fingerprint density at radius 3 is 1.44 bits per heavy atom. The van der Waals surface area contributed by atoms with E-state index in [0.29, 0.717) is 99.2 Å². The standard InChI is InChI=1S/C26H29FN4O3.C18H24BrN3O3.C14H20BNO2.C8H8BrNO.C8H6BrN.C8H7BrO2.C8H7NO4.C8H9NO2.F2HI.H3N/c1-25(2)12-18(8-9-32-25)23-13-26(30-24(29)31(3)34-26)21-11-17(6-7-22(21)33-23)20-10-16(15-28)4-5-19(20)14-27;1-17(2)9-11(6-7-23-17)15-10-18(21-16(20)22(3)25-18)13-8-12(19)4-5-14(13)24-15;1-10-6-7-11(9-16)8-12(10)15-17-13(2,3)14(4,5)18-15;1-5-2-3-6(8(10)11)4-7(5)9;1-6-2-3-7(5-10)4-8(6)9;1-5-2-3-6(8(10)11)4-7(5)9;1-5-2-3-6(8(10)11)4-7(5)9(12)13;1-5-2-3-6(8(10)11)4-7(5)9;1-3-2;/h4-7,10-11,18,23H,8-9,12-14H2,1-3H3,(H2,29,30);4-5,8,11,15H,6-7,9-10H2,1-3H3,(H2,20,21);6-8,10,12H,1-5H3;2-4H,1H3,(H2,10,11);2-4H,1H3;2-4H,1H3,(H,10,11);2-4H,1H3,(H,10,11);2-4H,9H2,1H3,(H,10,11);3H;1H3/i;;;;;;;;3T;. The van der Waals surface area contributed by atoms with E-state index in [-0.39, 0.29) is 76.4 Å². The van der Waals surface area contributed by atoms with Gasteiger partial charge in [-0.25, -0.2) is 48.6 Å². The maximum absolute atomic E-state index is 13.8. The van der Waals surface area contributed by atoms with Gasteiger partial charge in [-0.1, -0.05) is 125 Å². The molecule has 8 aliphatic rings. The van der Waals surface area contributed by atoms with Crippen molar-refractivity contribution >= 4 is 140 Å². The van der Waals surface area contributed by atoms with Crippen molar-refractivity contribution in [1.82, 2.24) is 16.3 Å². The van der Waals surface area contributed by atoms with Crippen molar-refractivity contribution in [1.29, 1.82) is 16.4 Å². The molecular formula is C98H114BBr4F3IN13O17. The van der Waals surface area contributed by atoms with Crippen molar-refractivity contribution in [3.8, 4) is 40.8 Å². The first kappa shape index (κ1) is 111. The van der Waals surface area contributed by atoms with Crippen LogP contribution in [0.4, 0.5) is 21.5 Å². The number of amides is 1. The third-order valence-electron chi connectivity index (χ3n) is 23.9. The summed E-state index contributed by atoms with van der Waals surface area (Å²) >= 11 is 9.42. The summed E-state index contributed by atoms with van der Waals surface area (Å²) < 4.78 is 80.0. The van der Waals surface area contributed by atoms with Gasteiger partial charge in [-0.2, -0.15) is 15.8 Å². The second-order valence-electron chi connectivity index (χ2n) is 35.4. The van der Waals surface area contributed by atoms with Gasteiger partial charge in [-0.05, 0) is 264 Å². The second-order valence-corrected chi connectivity index (χ2v) is 39.2. The average Bonchev–Trinajstić information content (AvgIpc) is 1.51. The zero-order chi connectivity index (χ0) is 102. The summed E-state index contributed by atoms with van der Waals surface area (Å²) in [5, 5.41) is 65.9. The number of hydrogen-bond donors (Lipinski definition) is 8. The van der Waals surface area contributed by atoms with Crippen molar-refractivity contribution < 1.29 is 87.5 Å². The van der Waals surface area contributed by atoms with Crippen molar-refractivity contribution in [2.75, 3.05) is 33.0 Å². The first-order valence-electron chi connectivity index (χ1n) is 43.2. The van der Waals surface area contributed by atoms with Gasteiger partial charge < -0.3 is 72.7 Å². The van der Waals surface area contributed by atoms with Crippen LogP contribution in [0.5, 0.6) is 11.5 Å². The van der Waals surface area contributed by atoms with Crippen LogP contribution >= 0.6 is 85.9 Å². The fourth-order valence-corrected chi connectivity index (χ4v) is 17.0. The number of aliphatic imine (C=N–C) groups is 2. The van der Waals surface area contributed by atoms with E-state index in [2.05, 4.69) is 117 Å². The third kappa shape index (κ3) is 30.1. The van der Waals surface area contributed by atoms with Crippen LogP contribution in [0.15, 0.2) is 197 Å². The van der Waals surface area contributed by atoms with E-state index in [1.54, 1.807) is 86.7 Å². The van der Waals surface area contributed by atoms with Gasteiger partial charge >= 0.3 is 53.5 Å². The number of primary amides is 1. The van der Waals surface area contributed by atoms with Crippen molar-refractivity contribution in [2.24, 2.45) is 44.9 Å². The number of carboxylic acid groups (broad SMARTS) is 3. The molecule has 7 aliphatic heterocycles. The first-order valence-corrected chi connectivity index (χ1v) is 47.6. The number of rotatable bonds is 10. The van der Waals surface area contributed by atoms with E-state index < -0.39 is 69.0 Å². The van der Waals surface area contributed by atoms with Gasteiger partial charge in [0.15, 0.2) is 0 Å². The van der Waals surface area contributed by atoms with Crippen molar-refractivity contribution in [2.45, 2.75) is 194 Å². The molecule has 8 atom stereocenters. The summed E-state index contributed by atoms with van der Waals surface area (Å²) in [5.74, 6) is -0.143. The number of nitrogen functional groups attached to an aromatic ring is 1. The summed E-state index contributed by atoms with van der Waals surface area (Å²) in [5.41, 5.74) is 31.3. The first-order chi connectivity index (χ1) is 64.1. The summed E-state index contributed by atoms with van der Waals surface area (Å²) in [4.78, 5) is 73.6. The summed E-state index contributed by atoms with van der Waals surface area (Å²) in [6.45, 7) is 28.8. The molecule has 1 aliphatic carbocycles. The number of aryl methyl sites for hydroxylation is 5. The predicted molar refractivity (Wildman–Crippen MR) is 542 cm³/mol. The second kappa shape index (κ2) is 49.1. The number of allylic oxidation sites excluding steroid dienone is 4.